The molecule has 2 N–H and O–H groups in total. The van der Waals surface area contributed by atoms with Crippen molar-refractivity contribution >= 4 is 0 Å². The standard InChI is InChI=1S/C11H19N3O/c1-9(12)15-10(2)14-8-7-13-5-3-11(14)4-6-13/h11H,1-8,12H2. The molecule has 4 heteroatoms. The molecule has 84 valence electrons. The molecule has 0 amide bonds. The summed E-state index contributed by atoms with van der Waals surface area (Å²) < 4.78 is 5.29. The van der Waals surface area contributed by atoms with Gasteiger partial charge in [0.25, 0.3) is 0 Å². The molecule has 3 aliphatic heterocycles. The van der Waals surface area contributed by atoms with E-state index in [2.05, 4.69) is 23.0 Å². The van der Waals surface area contributed by atoms with E-state index in [1.807, 2.05) is 0 Å². The third-order valence-corrected chi connectivity index (χ3v) is 3.22. The van der Waals surface area contributed by atoms with Crippen LogP contribution < -0.4 is 5.73 Å². The summed E-state index contributed by atoms with van der Waals surface area (Å²) >= 11 is 0. The van der Waals surface area contributed by atoms with E-state index in [4.69, 9.17) is 10.5 Å². The van der Waals surface area contributed by atoms with Gasteiger partial charge in [-0.1, -0.05) is 0 Å². The highest BCUT2D eigenvalue weighted by molar-refractivity contribution is 4.97. The zero-order valence-corrected chi connectivity index (χ0v) is 9.11. The monoisotopic (exact) mass is 209 g/mol. The predicted octanol–water partition coefficient (Wildman–Crippen LogP) is 0.684. The fourth-order valence-corrected chi connectivity index (χ4v) is 2.42. The Labute approximate surface area is 91.0 Å². The molecule has 0 aromatic heterocycles. The molecule has 2 bridgehead atoms. The maximum atomic E-state index is 5.42. The number of fused-ring (bicyclic) bond motifs is 4. The van der Waals surface area contributed by atoms with Gasteiger partial charge in [0.05, 0.1) is 0 Å². The largest absolute Gasteiger partial charge is 0.427 e. The molecule has 15 heavy (non-hydrogen) atoms. The molecule has 0 atom stereocenters. The third kappa shape index (κ3) is 2.26. The highest BCUT2D eigenvalue weighted by Crippen LogP contribution is 2.24. The Balaban J connectivity index is 2.01. The molecule has 4 nitrogen and oxygen atoms in total. The highest BCUT2D eigenvalue weighted by atomic mass is 16.5. The summed E-state index contributed by atoms with van der Waals surface area (Å²) in [5.74, 6) is 0.871. The molecular weight excluding hydrogens is 190 g/mol. The van der Waals surface area contributed by atoms with Gasteiger partial charge in [0, 0.05) is 32.2 Å². The molecule has 0 radical (unpaired) electrons. The lowest BCUT2D eigenvalue weighted by Gasteiger charge is -2.33. The number of ether oxygens (including phenoxy) is 1. The summed E-state index contributed by atoms with van der Waals surface area (Å²) in [6.45, 7) is 11.9. The summed E-state index contributed by atoms with van der Waals surface area (Å²) in [4.78, 5) is 4.71. The molecule has 3 saturated heterocycles. The topological polar surface area (TPSA) is 41.7 Å². The van der Waals surface area contributed by atoms with Crippen LogP contribution in [0.2, 0.25) is 0 Å². The average Bonchev–Trinajstić information content (AvgIpc) is 2.49. The number of rotatable bonds is 3. The lowest BCUT2D eigenvalue weighted by molar-refractivity contribution is 0.124. The smallest absolute Gasteiger partial charge is 0.190 e. The van der Waals surface area contributed by atoms with Crippen molar-refractivity contribution in [2.45, 2.75) is 18.9 Å². The molecular formula is C11H19N3O. The SMILES string of the molecule is C=C(N)OC(=C)N1CCN2CCC1CC2. The van der Waals surface area contributed by atoms with Gasteiger partial charge in [-0.15, -0.1) is 0 Å². The van der Waals surface area contributed by atoms with E-state index in [0.717, 1.165) is 13.1 Å². The van der Waals surface area contributed by atoms with Crippen LogP contribution in [0.5, 0.6) is 0 Å². The Morgan fingerprint density at radius 3 is 2.40 bits per heavy atom. The third-order valence-electron chi connectivity index (χ3n) is 3.22. The molecule has 3 heterocycles. The predicted molar refractivity (Wildman–Crippen MR) is 59.7 cm³/mol. The van der Waals surface area contributed by atoms with Crippen LogP contribution in [0.3, 0.4) is 0 Å². The van der Waals surface area contributed by atoms with Crippen LogP contribution in [-0.2, 0) is 4.74 Å². The molecule has 0 saturated carbocycles. The number of piperidine rings is 1. The van der Waals surface area contributed by atoms with Gasteiger partial charge >= 0.3 is 0 Å². The van der Waals surface area contributed by atoms with E-state index in [-0.39, 0.29) is 5.88 Å². The Hall–Kier alpha value is -1.16. The summed E-state index contributed by atoms with van der Waals surface area (Å²) in [6.07, 6.45) is 2.39. The van der Waals surface area contributed by atoms with Crippen molar-refractivity contribution in [2.75, 3.05) is 26.2 Å². The van der Waals surface area contributed by atoms with Crippen LogP contribution >= 0.6 is 0 Å². The van der Waals surface area contributed by atoms with E-state index >= 15 is 0 Å². The average molecular weight is 209 g/mol. The number of hydrogen-bond donors (Lipinski definition) is 1. The van der Waals surface area contributed by atoms with Crippen molar-refractivity contribution in [1.29, 1.82) is 0 Å². The first kappa shape index (κ1) is 10.4. The van der Waals surface area contributed by atoms with Crippen LogP contribution in [0.25, 0.3) is 0 Å². The molecule has 3 rings (SSSR count). The van der Waals surface area contributed by atoms with Crippen molar-refractivity contribution < 1.29 is 4.74 Å². The maximum Gasteiger partial charge on any atom is 0.190 e. The zero-order chi connectivity index (χ0) is 10.8. The first-order valence-electron chi connectivity index (χ1n) is 5.47. The van der Waals surface area contributed by atoms with Crippen molar-refractivity contribution in [2.24, 2.45) is 5.73 Å². The van der Waals surface area contributed by atoms with Gasteiger partial charge in [0.2, 0.25) is 0 Å². The Kier molecular flexibility index (Phi) is 2.86. The Bertz CT molecular complexity index is 269. The van der Waals surface area contributed by atoms with E-state index in [9.17, 15) is 0 Å². The summed E-state index contributed by atoms with van der Waals surface area (Å²) in [7, 11) is 0. The van der Waals surface area contributed by atoms with Gasteiger partial charge in [-0.25, -0.2) is 0 Å². The molecule has 3 aliphatic rings. The van der Waals surface area contributed by atoms with Crippen LogP contribution in [0.4, 0.5) is 0 Å². The van der Waals surface area contributed by atoms with Crippen molar-refractivity contribution in [1.82, 2.24) is 9.80 Å². The zero-order valence-electron chi connectivity index (χ0n) is 9.11. The van der Waals surface area contributed by atoms with Crippen molar-refractivity contribution in [3.05, 3.63) is 24.9 Å². The highest BCUT2D eigenvalue weighted by Gasteiger charge is 2.30. The van der Waals surface area contributed by atoms with E-state index in [1.165, 1.54) is 25.9 Å². The lowest BCUT2D eigenvalue weighted by Crippen LogP contribution is -2.37. The minimum atomic E-state index is 0.221. The second-order valence-corrected chi connectivity index (χ2v) is 4.23. The second kappa shape index (κ2) is 4.14. The van der Waals surface area contributed by atoms with Crippen molar-refractivity contribution in [3.8, 4) is 0 Å². The van der Waals surface area contributed by atoms with Gasteiger partial charge in [-0.2, -0.15) is 0 Å². The van der Waals surface area contributed by atoms with Crippen LogP contribution in [0, 0.1) is 0 Å². The fraction of sp³-hybridized carbons (Fsp3) is 0.636. The van der Waals surface area contributed by atoms with Gasteiger partial charge in [0.15, 0.2) is 11.8 Å². The summed E-state index contributed by atoms with van der Waals surface area (Å²) in [6, 6.07) is 0.565. The van der Waals surface area contributed by atoms with Gasteiger partial charge in [0.1, 0.15) is 0 Å². The van der Waals surface area contributed by atoms with Gasteiger partial charge in [-0.05, 0) is 26.0 Å². The van der Waals surface area contributed by atoms with Gasteiger partial charge in [-0.3, -0.25) is 0 Å². The van der Waals surface area contributed by atoms with E-state index in [1.54, 1.807) is 0 Å². The first-order chi connectivity index (χ1) is 7.16. The molecule has 0 aliphatic carbocycles. The number of hydrogen-bond acceptors (Lipinski definition) is 4. The first-order valence-corrected chi connectivity index (χ1v) is 5.47. The number of nitrogens with zero attached hydrogens (tertiary/aromatic N) is 2. The van der Waals surface area contributed by atoms with Crippen LogP contribution in [0.1, 0.15) is 12.8 Å². The normalized spacial score (nSPS) is 29.7. The molecule has 0 aromatic carbocycles. The minimum absolute atomic E-state index is 0.221. The minimum Gasteiger partial charge on any atom is -0.427 e. The van der Waals surface area contributed by atoms with Crippen LogP contribution in [-0.4, -0.2) is 42.0 Å². The summed E-state index contributed by atoms with van der Waals surface area (Å²) in [5, 5.41) is 0. The van der Waals surface area contributed by atoms with Gasteiger partial charge < -0.3 is 20.3 Å². The molecule has 0 spiro atoms. The molecule has 0 aromatic rings. The van der Waals surface area contributed by atoms with Crippen molar-refractivity contribution in [3.63, 3.8) is 0 Å². The quantitative estimate of drug-likeness (QED) is 0.694. The second-order valence-electron chi connectivity index (χ2n) is 4.23. The Morgan fingerprint density at radius 2 is 1.80 bits per heavy atom. The number of nitrogens with two attached hydrogens (primary N) is 1. The van der Waals surface area contributed by atoms with Crippen LogP contribution in [0.15, 0.2) is 24.9 Å². The maximum absolute atomic E-state index is 5.42. The lowest BCUT2D eigenvalue weighted by atomic mass is 10.1. The fourth-order valence-electron chi connectivity index (χ4n) is 2.42. The van der Waals surface area contributed by atoms with E-state index < -0.39 is 0 Å². The summed E-state index contributed by atoms with van der Waals surface area (Å²) in [5.41, 5.74) is 5.42. The Morgan fingerprint density at radius 1 is 1.13 bits per heavy atom. The molecule has 3 fully saturated rings. The van der Waals surface area contributed by atoms with E-state index in [0.29, 0.717) is 11.9 Å². The molecule has 0 unspecified atom stereocenters.